The van der Waals surface area contributed by atoms with Crippen molar-refractivity contribution in [2.75, 3.05) is 31.3 Å². The maximum absolute atomic E-state index is 11.2. The third-order valence-electron chi connectivity index (χ3n) is 2.59. The second kappa shape index (κ2) is 7.09. The summed E-state index contributed by atoms with van der Waals surface area (Å²) >= 11 is 0. The van der Waals surface area contributed by atoms with E-state index >= 15 is 0 Å². The first-order valence-corrected chi connectivity index (χ1v) is 6.33. The molecule has 0 saturated heterocycles. The highest BCUT2D eigenvalue weighted by Crippen LogP contribution is 2.14. The molecule has 110 valence electrons. The summed E-state index contributed by atoms with van der Waals surface area (Å²) < 4.78 is 10.1. The number of benzene rings is 1. The Hall–Kier alpha value is -2.83. The molecule has 0 atom stereocenters. The molecule has 2 rings (SSSR count). The van der Waals surface area contributed by atoms with E-state index < -0.39 is 5.97 Å². The molecule has 0 bridgehead atoms. The largest absolute Gasteiger partial charge is 0.492 e. The molecule has 7 nitrogen and oxygen atoms in total. The summed E-state index contributed by atoms with van der Waals surface area (Å²) in [5.41, 5.74) is 6.48. The number of aromatic nitrogens is 2. The lowest BCUT2D eigenvalue weighted by Gasteiger charge is -2.08. The number of carbonyl (C=O) groups excluding carboxylic acids is 1. The molecule has 0 aliphatic rings. The van der Waals surface area contributed by atoms with Crippen LogP contribution in [0.15, 0.2) is 36.4 Å². The van der Waals surface area contributed by atoms with Crippen molar-refractivity contribution >= 4 is 17.5 Å². The van der Waals surface area contributed by atoms with Crippen LogP contribution in [0.2, 0.25) is 0 Å². The first-order chi connectivity index (χ1) is 10.2. The Labute approximate surface area is 122 Å². The average molecular weight is 288 g/mol. The highest BCUT2D eigenvalue weighted by Gasteiger charge is 2.07. The quantitative estimate of drug-likeness (QED) is 0.470. The van der Waals surface area contributed by atoms with Crippen molar-refractivity contribution in [1.82, 2.24) is 10.2 Å². The Balaban J connectivity index is 1.77. The number of methoxy groups -OCH3 is 1. The fourth-order valence-electron chi connectivity index (χ4n) is 1.59. The highest BCUT2D eigenvalue weighted by molar-refractivity contribution is 5.86. The SMILES string of the molecule is COC(=O)c1ccc(NCCOc2cccc(N)c2)nn1. The van der Waals surface area contributed by atoms with Gasteiger partial charge in [-0.1, -0.05) is 6.07 Å². The summed E-state index contributed by atoms with van der Waals surface area (Å²) in [6.45, 7) is 0.991. The molecule has 0 fully saturated rings. The first-order valence-electron chi connectivity index (χ1n) is 6.33. The molecule has 0 saturated carbocycles. The number of nitrogens with one attached hydrogen (secondary N) is 1. The molecule has 2 aromatic rings. The number of nitrogens with two attached hydrogens (primary N) is 1. The minimum atomic E-state index is -0.515. The van der Waals surface area contributed by atoms with Crippen molar-refractivity contribution in [2.24, 2.45) is 0 Å². The second-order valence-corrected chi connectivity index (χ2v) is 4.14. The zero-order chi connectivity index (χ0) is 15.1. The Morgan fingerprint density at radius 1 is 1.29 bits per heavy atom. The molecular formula is C14H16N4O3. The first kappa shape index (κ1) is 14.6. The molecule has 1 aromatic heterocycles. The number of carbonyl (C=O) groups is 1. The Morgan fingerprint density at radius 3 is 2.81 bits per heavy atom. The van der Waals surface area contributed by atoms with Crippen LogP contribution >= 0.6 is 0 Å². The molecule has 1 aromatic carbocycles. The van der Waals surface area contributed by atoms with E-state index in [4.69, 9.17) is 10.5 Å². The van der Waals surface area contributed by atoms with Gasteiger partial charge in [-0.25, -0.2) is 4.79 Å². The second-order valence-electron chi connectivity index (χ2n) is 4.14. The third kappa shape index (κ3) is 4.34. The number of hydrogen-bond acceptors (Lipinski definition) is 7. The van der Waals surface area contributed by atoms with Crippen LogP contribution in [-0.4, -0.2) is 36.4 Å². The van der Waals surface area contributed by atoms with Crippen molar-refractivity contribution < 1.29 is 14.3 Å². The van der Waals surface area contributed by atoms with E-state index in [0.717, 1.165) is 0 Å². The number of nitrogen functional groups attached to an aromatic ring is 1. The van der Waals surface area contributed by atoms with Gasteiger partial charge in [-0.05, 0) is 24.3 Å². The van der Waals surface area contributed by atoms with Crippen LogP contribution in [0, 0.1) is 0 Å². The number of ether oxygens (including phenoxy) is 2. The summed E-state index contributed by atoms with van der Waals surface area (Å²) in [6.07, 6.45) is 0. The molecule has 7 heteroatoms. The smallest absolute Gasteiger partial charge is 0.358 e. The van der Waals surface area contributed by atoms with E-state index in [9.17, 15) is 4.79 Å². The van der Waals surface area contributed by atoms with Gasteiger partial charge >= 0.3 is 5.97 Å². The third-order valence-corrected chi connectivity index (χ3v) is 2.59. The fraction of sp³-hybridized carbons (Fsp3) is 0.214. The minimum Gasteiger partial charge on any atom is -0.492 e. The van der Waals surface area contributed by atoms with Crippen LogP contribution in [0.1, 0.15) is 10.5 Å². The van der Waals surface area contributed by atoms with Crippen molar-refractivity contribution in [2.45, 2.75) is 0 Å². The topological polar surface area (TPSA) is 99.4 Å². The Morgan fingerprint density at radius 2 is 2.14 bits per heavy atom. The summed E-state index contributed by atoms with van der Waals surface area (Å²) in [7, 11) is 1.30. The van der Waals surface area contributed by atoms with Gasteiger partial charge in [0.2, 0.25) is 0 Å². The standard InChI is InChI=1S/C14H16N4O3/c1-20-14(19)12-5-6-13(18-17-12)16-7-8-21-11-4-2-3-10(15)9-11/h2-6,9H,7-8,15H2,1H3,(H,16,18). The normalized spacial score (nSPS) is 9.95. The zero-order valence-electron chi connectivity index (χ0n) is 11.6. The van der Waals surface area contributed by atoms with Crippen molar-refractivity contribution in [3.63, 3.8) is 0 Å². The van der Waals surface area contributed by atoms with Gasteiger partial charge < -0.3 is 20.5 Å². The van der Waals surface area contributed by atoms with Crippen LogP contribution in [0.3, 0.4) is 0 Å². The van der Waals surface area contributed by atoms with Crippen LogP contribution in [0.4, 0.5) is 11.5 Å². The minimum absolute atomic E-state index is 0.166. The summed E-state index contributed by atoms with van der Waals surface area (Å²) in [5.74, 6) is 0.752. The van der Waals surface area contributed by atoms with Gasteiger partial charge in [-0.15, -0.1) is 10.2 Å². The fourth-order valence-corrected chi connectivity index (χ4v) is 1.59. The van der Waals surface area contributed by atoms with Gasteiger partial charge in [0.1, 0.15) is 18.2 Å². The number of esters is 1. The Bertz CT molecular complexity index is 601. The summed E-state index contributed by atoms with van der Waals surface area (Å²) in [6, 6.07) is 10.4. The lowest BCUT2D eigenvalue weighted by Crippen LogP contribution is -2.13. The molecule has 0 unspecified atom stereocenters. The van der Waals surface area contributed by atoms with Gasteiger partial charge in [-0.2, -0.15) is 0 Å². The van der Waals surface area contributed by atoms with Gasteiger partial charge in [0.15, 0.2) is 5.69 Å². The molecular weight excluding hydrogens is 272 g/mol. The lowest BCUT2D eigenvalue weighted by atomic mass is 10.3. The van der Waals surface area contributed by atoms with Gasteiger partial charge in [0.05, 0.1) is 13.7 Å². The van der Waals surface area contributed by atoms with Crippen LogP contribution < -0.4 is 15.8 Å². The van der Waals surface area contributed by atoms with E-state index in [1.807, 2.05) is 12.1 Å². The lowest BCUT2D eigenvalue weighted by molar-refractivity contribution is 0.0593. The van der Waals surface area contributed by atoms with E-state index in [1.165, 1.54) is 7.11 Å². The van der Waals surface area contributed by atoms with Crippen LogP contribution in [0.5, 0.6) is 5.75 Å². The van der Waals surface area contributed by atoms with E-state index in [2.05, 4.69) is 20.3 Å². The van der Waals surface area contributed by atoms with Crippen LogP contribution in [-0.2, 0) is 4.74 Å². The maximum Gasteiger partial charge on any atom is 0.358 e. The van der Waals surface area contributed by atoms with Crippen LogP contribution in [0.25, 0.3) is 0 Å². The molecule has 0 aliphatic heterocycles. The predicted molar refractivity (Wildman–Crippen MR) is 78.2 cm³/mol. The number of hydrogen-bond donors (Lipinski definition) is 2. The Kier molecular flexibility index (Phi) is 4.92. The summed E-state index contributed by atoms with van der Waals surface area (Å²) in [4.78, 5) is 11.2. The summed E-state index contributed by atoms with van der Waals surface area (Å²) in [5, 5.41) is 10.7. The van der Waals surface area contributed by atoms with Crippen molar-refractivity contribution in [3.8, 4) is 5.75 Å². The molecule has 0 radical (unpaired) electrons. The number of anilines is 2. The molecule has 0 spiro atoms. The van der Waals surface area contributed by atoms with E-state index in [0.29, 0.717) is 30.4 Å². The van der Waals surface area contributed by atoms with Gasteiger partial charge in [0.25, 0.3) is 0 Å². The number of nitrogens with zero attached hydrogens (tertiary/aromatic N) is 2. The van der Waals surface area contributed by atoms with Crippen molar-refractivity contribution in [3.05, 3.63) is 42.1 Å². The molecule has 1 heterocycles. The van der Waals surface area contributed by atoms with Gasteiger partial charge in [-0.3, -0.25) is 0 Å². The maximum atomic E-state index is 11.2. The molecule has 0 aliphatic carbocycles. The predicted octanol–water partition coefficient (Wildman–Crippen LogP) is 1.34. The molecule has 21 heavy (non-hydrogen) atoms. The molecule has 0 amide bonds. The van der Waals surface area contributed by atoms with Gasteiger partial charge in [0, 0.05) is 11.8 Å². The van der Waals surface area contributed by atoms with E-state index in [-0.39, 0.29) is 5.69 Å². The number of rotatable bonds is 6. The van der Waals surface area contributed by atoms with E-state index in [1.54, 1.807) is 24.3 Å². The molecule has 3 N–H and O–H groups in total. The van der Waals surface area contributed by atoms with Crippen molar-refractivity contribution in [1.29, 1.82) is 0 Å². The average Bonchev–Trinajstić information content (AvgIpc) is 2.51. The monoisotopic (exact) mass is 288 g/mol. The zero-order valence-corrected chi connectivity index (χ0v) is 11.6. The highest BCUT2D eigenvalue weighted by atomic mass is 16.5.